The van der Waals surface area contributed by atoms with Crippen LogP contribution < -0.4 is 0 Å². The van der Waals surface area contributed by atoms with Crippen molar-refractivity contribution in [2.75, 3.05) is 6.61 Å². The van der Waals surface area contributed by atoms with Crippen LogP contribution in [0.3, 0.4) is 0 Å². The molecule has 7 heteroatoms. The van der Waals surface area contributed by atoms with Gasteiger partial charge in [-0.1, -0.05) is 48.5 Å². The molecule has 26 heavy (non-hydrogen) atoms. The molecule has 7 nitrogen and oxygen atoms in total. The largest absolute Gasteiger partial charge is 0.463 e. The second-order valence-electron chi connectivity index (χ2n) is 5.81. The molecule has 0 radical (unpaired) electrons. The molecule has 0 spiro atoms. The van der Waals surface area contributed by atoms with Crippen molar-refractivity contribution in [1.82, 2.24) is 0 Å². The molecular weight excluding hydrogens is 338 g/mol. The highest BCUT2D eigenvalue weighted by molar-refractivity contribution is 6.09. The molecule has 0 amide bonds. The Morgan fingerprint density at radius 3 is 2.35 bits per heavy atom. The van der Waals surface area contributed by atoms with Gasteiger partial charge in [-0.05, 0) is 25.5 Å². The van der Waals surface area contributed by atoms with Crippen LogP contribution in [-0.2, 0) is 14.4 Å². The molecule has 0 saturated heterocycles. The fraction of sp³-hybridized carbons (Fsp3) is 0.263. The van der Waals surface area contributed by atoms with Crippen LogP contribution in [0.4, 0.5) is 0 Å². The van der Waals surface area contributed by atoms with Crippen LogP contribution in [0, 0.1) is 10.1 Å². The molecular formula is C19H19NO6. The minimum Gasteiger partial charge on any atom is -0.463 e. The first-order valence-electron chi connectivity index (χ1n) is 8.06. The van der Waals surface area contributed by atoms with E-state index < -0.39 is 23.1 Å². The number of hydrogen-bond donors (Lipinski definition) is 0. The molecule has 2 aromatic carbocycles. The molecule has 2 atom stereocenters. The highest BCUT2D eigenvalue weighted by atomic mass is 17.0. The maximum atomic E-state index is 12.5. The molecule has 0 bridgehead atoms. The molecule has 2 unspecified atom stereocenters. The van der Waals surface area contributed by atoms with Crippen molar-refractivity contribution in [3.8, 4) is 0 Å². The lowest BCUT2D eigenvalue weighted by molar-refractivity contribution is -0.767. The van der Waals surface area contributed by atoms with E-state index in [2.05, 4.69) is 4.84 Å². The lowest BCUT2D eigenvalue weighted by atomic mass is 9.96. The van der Waals surface area contributed by atoms with Gasteiger partial charge >= 0.3 is 5.97 Å². The molecule has 0 saturated carbocycles. The summed E-state index contributed by atoms with van der Waals surface area (Å²) < 4.78 is 5.05. The van der Waals surface area contributed by atoms with Gasteiger partial charge in [0.25, 0.3) is 5.09 Å². The van der Waals surface area contributed by atoms with Crippen molar-refractivity contribution in [3.63, 3.8) is 0 Å². The van der Waals surface area contributed by atoms with Crippen LogP contribution in [-0.4, -0.2) is 29.6 Å². The number of rotatable bonds is 8. The molecule has 0 heterocycles. The third kappa shape index (κ3) is 5.14. The average Bonchev–Trinajstić information content (AvgIpc) is 2.65. The van der Waals surface area contributed by atoms with Gasteiger partial charge in [-0.15, -0.1) is 10.1 Å². The Balaban J connectivity index is 2.05. The van der Waals surface area contributed by atoms with Crippen molar-refractivity contribution in [3.05, 3.63) is 81.4 Å². The normalized spacial score (nSPS) is 12.7. The molecule has 136 valence electrons. The molecule has 0 aliphatic heterocycles. The predicted molar refractivity (Wildman–Crippen MR) is 93.2 cm³/mol. The maximum absolute atomic E-state index is 12.5. The Bertz CT molecular complexity index is 790. The van der Waals surface area contributed by atoms with Gasteiger partial charge in [-0.25, -0.2) is 0 Å². The first kappa shape index (κ1) is 19.1. The quantitative estimate of drug-likeness (QED) is 0.312. The summed E-state index contributed by atoms with van der Waals surface area (Å²) in [7, 11) is 0. The molecule has 0 aliphatic carbocycles. The zero-order valence-corrected chi connectivity index (χ0v) is 14.5. The van der Waals surface area contributed by atoms with Crippen molar-refractivity contribution in [2.24, 2.45) is 0 Å². The van der Waals surface area contributed by atoms with E-state index in [1.165, 1.54) is 6.92 Å². The lowest BCUT2D eigenvalue weighted by Crippen LogP contribution is -2.23. The summed E-state index contributed by atoms with van der Waals surface area (Å²) in [6.45, 7) is 2.85. The van der Waals surface area contributed by atoms with Gasteiger partial charge in [-0.2, -0.15) is 0 Å². The van der Waals surface area contributed by atoms with E-state index in [0.29, 0.717) is 16.7 Å². The molecule has 2 aromatic rings. The van der Waals surface area contributed by atoms with Crippen molar-refractivity contribution >= 4 is 11.8 Å². The molecule has 0 aromatic heterocycles. The summed E-state index contributed by atoms with van der Waals surface area (Å²) >= 11 is 0. The number of nitrogens with zero attached hydrogens (tertiary/aromatic N) is 1. The van der Waals surface area contributed by atoms with Crippen LogP contribution in [0.5, 0.6) is 0 Å². The predicted octanol–water partition coefficient (Wildman–Crippen LogP) is 3.16. The summed E-state index contributed by atoms with van der Waals surface area (Å²) in [5.41, 5.74) is 1.66. The van der Waals surface area contributed by atoms with Crippen molar-refractivity contribution in [1.29, 1.82) is 0 Å². The number of carbonyl (C=O) groups is 2. The van der Waals surface area contributed by atoms with Crippen molar-refractivity contribution in [2.45, 2.75) is 25.9 Å². The summed E-state index contributed by atoms with van der Waals surface area (Å²) in [5.74, 6) is -1.31. The third-order valence-electron chi connectivity index (χ3n) is 3.76. The molecule has 0 aliphatic rings. The van der Waals surface area contributed by atoms with Crippen LogP contribution in [0.1, 0.15) is 41.3 Å². The van der Waals surface area contributed by atoms with Crippen LogP contribution in [0.2, 0.25) is 0 Å². The average molecular weight is 357 g/mol. The van der Waals surface area contributed by atoms with E-state index in [9.17, 15) is 19.7 Å². The van der Waals surface area contributed by atoms with E-state index >= 15 is 0 Å². The third-order valence-corrected chi connectivity index (χ3v) is 3.76. The number of esters is 1. The maximum Gasteiger partial charge on any atom is 0.313 e. The highest BCUT2D eigenvalue weighted by Crippen LogP contribution is 2.20. The Hall–Kier alpha value is -3.22. The number of benzene rings is 2. The monoisotopic (exact) mass is 357 g/mol. The lowest BCUT2D eigenvalue weighted by Gasteiger charge is -2.15. The fourth-order valence-electron chi connectivity index (χ4n) is 2.34. The zero-order valence-electron chi connectivity index (χ0n) is 14.5. The van der Waals surface area contributed by atoms with Crippen LogP contribution >= 0.6 is 0 Å². The first-order chi connectivity index (χ1) is 12.4. The van der Waals surface area contributed by atoms with Gasteiger partial charge in [-0.3, -0.25) is 9.59 Å². The number of hydrogen-bond acceptors (Lipinski definition) is 6. The molecule has 2 rings (SSSR count). The van der Waals surface area contributed by atoms with Gasteiger partial charge in [0.1, 0.15) is 12.7 Å². The van der Waals surface area contributed by atoms with Crippen molar-refractivity contribution < 1.29 is 24.3 Å². The second-order valence-corrected chi connectivity index (χ2v) is 5.81. The Morgan fingerprint density at radius 2 is 1.69 bits per heavy atom. The van der Waals surface area contributed by atoms with E-state index in [0.717, 1.165) is 0 Å². The minimum absolute atomic E-state index is 0.138. The summed E-state index contributed by atoms with van der Waals surface area (Å²) in [4.78, 5) is 39.2. The summed E-state index contributed by atoms with van der Waals surface area (Å²) in [6.07, 6.45) is -0.854. The number of ether oxygens (including phenoxy) is 1. The van der Waals surface area contributed by atoms with Gasteiger partial charge in [0.2, 0.25) is 0 Å². The van der Waals surface area contributed by atoms with Gasteiger partial charge in [0.15, 0.2) is 5.78 Å². The highest BCUT2D eigenvalue weighted by Gasteiger charge is 2.20. The van der Waals surface area contributed by atoms with Gasteiger partial charge in [0.05, 0.1) is 5.92 Å². The van der Waals surface area contributed by atoms with E-state index in [-0.39, 0.29) is 12.4 Å². The Labute approximate surface area is 150 Å². The van der Waals surface area contributed by atoms with E-state index in [1.54, 1.807) is 55.5 Å². The topological polar surface area (TPSA) is 95.7 Å². The smallest absolute Gasteiger partial charge is 0.313 e. The van der Waals surface area contributed by atoms with Gasteiger partial charge < -0.3 is 9.57 Å². The summed E-state index contributed by atoms with van der Waals surface area (Å²) in [5, 5.41) is 9.31. The number of carbonyl (C=O) groups excluding carboxylic acids is 2. The van der Waals surface area contributed by atoms with Crippen LogP contribution in [0.15, 0.2) is 54.6 Å². The zero-order chi connectivity index (χ0) is 19.1. The minimum atomic E-state index is -0.930. The standard InChI is InChI=1S/C19H19NO6/c1-13(26-20(23)24)12-25-19(22)14(2)16-9-6-10-17(11-16)18(21)15-7-4-3-5-8-15/h3-11,13-14H,12H2,1-2H3. The Morgan fingerprint density at radius 1 is 1.04 bits per heavy atom. The Kier molecular flexibility index (Phi) is 6.43. The number of ketones is 1. The molecule has 0 N–H and O–H groups in total. The fourth-order valence-corrected chi connectivity index (χ4v) is 2.34. The first-order valence-corrected chi connectivity index (χ1v) is 8.06. The SMILES string of the molecule is CC(COC(=O)C(C)c1cccc(C(=O)c2ccccc2)c1)O[N+](=O)[O-]. The molecule has 0 fully saturated rings. The van der Waals surface area contributed by atoms with E-state index in [1.807, 2.05) is 6.07 Å². The van der Waals surface area contributed by atoms with Crippen LogP contribution in [0.25, 0.3) is 0 Å². The van der Waals surface area contributed by atoms with E-state index in [4.69, 9.17) is 4.74 Å². The second kappa shape index (κ2) is 8.75. The van der Waals surface area contributed by atoms with Gasteiger partial charge in [0, 0.05) is 11.1 Å². The summed E-state index contributed by atoms with van der Waals surface area (Å²) in [6, 6.07) is 15.6.